The van der Waals surface area contributed by atoms with Gasteiger partial charge < -0.3 is 5.73 Å². The summed E-state index contributed by atoms with van der Waals surface area (Å²) in [6, 6.07) is 8.29. The number of nitrogens with zero attached hydrogens (tertiary/aromatic N) is 1. The lowest BCUT2D eigenvalue weighted by atomic mass is 10.1. The molecule has 0 bridgehead atoms. The first-order valence-corrected chi connectivity index (χ1v) is 5.22. The number of aryl methyl sites for hydroxylation is 1. The van der Waals surface area contributed by atoms with Crippen LogP contribution >= 0.6 is 0 Å². The summed E-state index contributed by atoms with van der Waals surface area (Å²) in [6.07, 6.45) is 3.49. The van der Waals surface area contributed by atoms with Gasteiger partial charge in [0.25, 0.3) is 0 Å². The van der Waals surface area contributed by atoms with Crippen molar-refractivity contribution in [2.45, 2.75) is 26.2 Å². The normalized spacial score (nSPS) is 17.1. The van der Waals surface area contributed by atoms with Crippen LogP contribution in [0.1, 0.15) is 25.3 Å². The molecule has 0 heterocycles. The molecule has 74 valence electrons. The van der Waals surface area contributed by atoms with Crippen molar-refractivity contribution in [3.63, 3.8) is 0 Å². The smallest absolute Gasteiger partial charge is 0.103 e. The fourth-order valence-corrected chi connectivity index (χ4v) is 1.43. The standard InChI is InChI=1S/C12H16N2/c1-2-9-3-7-11(8-4-9)14-12(13)10-5-6-10/h3-4,7-8,10H,2,5-6H2,1H3,(H2,13,14). The molecular formula is C12H16N2. The Morgan fingerprint density at radius 1 is 1.36 bits per heavy atom. The SMILES string of the molecule is CCc1ccc(N=C(N)C2CC2)cc1. The van der Waals surface area contributed by atoms with Crippen LogP contribution in [0.4, 0.5) is 5.69 Å². The van der Waals surface area contributed by atoms with Gasteiger partial charge in [-0.2, -0.15) is 0 Å². The second kappa shape index (κ2) is 3.82. The maximum atomic E-state index is 5.83. The Kier molecular flexibility index (Phi) is 2.53. The Bertz CT molecular complexity index is 334. The first-order valence-electron chi connectivity index (χ1n) is 5.22. The van der Waals surface area contributed by atoms with E-state index in [0.717, 1.165) is 17.9 Å². The molecule has 0 aromatic heterocycles. The number of rotatable bonds is 3. The molecule has 1 aliphatic rings. The van der Waals surface area contributed by atoms with Gasteiger partial charge in [-0.05, 0) is 37.0 Å². The molecular weight excluding hydrogens is 172 g/mol. The molecule has 2 rings (SSSR count). The van der Waals surface area contributed by atoms with Crippen molar-refractivity contribution in [3.8, 4) is 0 Å². The topological polar surface area (TPSA) is 38.4 Å². The summed E-state index contributed by atoms with van der Waals surface area (Å²) < 4.78 is 0. The maximum absolute atomic E-state index is 5.83. The molecule has 0 amide bonds. The molecule has 0 saturated heterocycles. The van der Waals surface area contributed by atoms with E-state index in [2.05, 4.69) is 24.0 Å². The van der Waals surface area contributed by atoms with Gasteiger partial charge in [-0.15, -0.1) is 0 Å². The predicted molar refractivity (Wildman–Crippen MR) is 59.8 cm³/mol. The molecule has 0 unspecified atom stereocenters. The molecule has 0 atom stereocenters. The van der Waals surface area contributed by atoms with E-state index in [-0.39, 0.29) is 0 Å². The summed E-state index contributed by atoms with van der Waals surface area (Å²) in [6.45, 7) is 2.15. The lowest BCUT2D eigenvalue weighted by Crippen LogP contribution is -2.12. The van der Waals surface area contributed by atoms with Crippen LogP contribution in [0.2, 0.25) is 0 Å². The maximum Gasteiger partial charge on any atom is 0.103 e. The second-order valence-electron chi connectivity index (χ2n) is 3.83. The van der Waals surface area contributed by atoms with E-state index < -0.39 is 0 Å². The third-order valence-corrected chi connectivity index (χ3v) is 2.60. The molecule has 1 aromatic carbocycles. The molecule has 2 heteroatoms. The Morgan fingerprint density at radius 2 is 2.00 bits per heavy atom. The van der Waals surface area contributed by atoms with Gasteiger partial charge in [0.2, 0.25) is 0 Å². The molecule has 14 heavy (non-hydrogen) atoms. The largest absolute Gasteiger partial charge is 0.387 e. The Morgan fingerprint density at radius 3 is 2.50 bits per heavy atom. The van der Waals surface area contributed by atoms with Crippen LogP contribution in [0.5, 0.6) is 0 Å². The quantitative estimate of drug-likeness (QED) is 0.574. The highest BCUT2D eigenvalue weighted by Crippen LogP contribution is 2.30. The minimum Gasteiger partial charge on any atom is -0.387 e. The lowest BCUT2D eigenvalue weighted by molar-refractivity contribution is 1.13. The van der Waals surface area contributed by atoms with Crippen molar-refractivity contribution in [1.82, 2.24) is 0 Å². The Hall–Kier alpha value is -1.31. The van der Waals surface area contributed by atoms with Gasteiger partial charge in [0, 0.05) is 5.92 Å². The van der Waals surface area contributed by atoms with Crippen LogP contribution in [0.25, 0.3) is 0 Å². The zero-order valence-corrected chi connectivity index (χ0v) is 8.53. The zero-order chi connectivity index (χ0) is 9.97. The summed E-state index contributed by atoms with van der Waals surface area (Å²) in [5.41, 5.74) is 8.15. The van der Waals surface area contributed by atoms with Gasteiger partial charge in [0.1, 0.15) is 5.84 Å². The van der Waals surface area contributed by atoms with Crippen LogP contribution in [0.3, 0.4) is 0 Å². The van der Waals surface area contributed by atoms with E-state index in [1.54, 1.807) is 0 Å². The fraction of sp³-hybridized carbons (Fsp3) is 0.417. The average Bonchev–Trinajstić information content (AvgIpc) is 3.02. The van der Waals surface area contributed by atoms with Crippen LogP contribution in [-0.4, -0.2) is 5.84 Å². The third kappa shape index (κ3) is 2.13. The van der Waals surface area contributed by atoms with Gasteiger partial charge in [-0.3, -0.25) is 0 Å². The highest BCUT2D eigenvalue weighted by atomic mass is 14.9. The summed E-state index contributed by atoms with van der Waals surface area (Å²) in [4.78, 5) is 4.39. The Labute approximate surface area is 84.9 Å². The highest BCUT2D eigenvalue weighted by Gasteiger charge is 2.25. The van der Waals surface area contributed by atoms with Gasteiger partial charge >= 0.3 is 0 Å². The van der Waals surface area contributed by atoms with E-state index in [4.69, 9.17) is 5.73 Å². The van der Waals surface area contributed by atoms with E-state index in [1.165, 1.54) is 18.4 Å². The highest BCUT2D eigenvalue weighted by molar-refractivity contribution is 5.87. The lowest BCUT2D eigenvalue weighted by Gasteiger charge is -1.99. The Balaban J connectivity index is 2.12. The van der Waals surface area contributed by atoms with Crippen molar-refractivity contribution in [1.29, 1.82) is 0 Å². The van der Waals surface area contributed by atoms with E-state index in [0.29, 0.717) is 5.92 Å². The van der Waals surface area contributed by atoms with Crippen molar-refractivity contribution in [2.24, 2.45) is 16.6 Å². The average molecular weight is 188 g/mol. The van der Waals surface area contributed by atoms with Crippen molar-refractivity contribution < 1.29 is 0 Å². The predicted octanol–water partition coefficient (Wildman–Crippen LogP) is 2.65. The monoisotopic (exact) mass is 188 g/mol. The molecule has 0 spiro atoms. The van der Waals surface area contributed by atoms with Crippen LogP contribution in [0.15, 0.2) is 29.3 Å². The summed E-state index contributed by atoms with van der Waals surface area (Å²) in [5.74, 6) is 1.36. The van der Waals surface area contributed by atoms with Gasteiger partial charge in [-0.25, -0.2) is 4.99 Å². The number of amidine groups is 1. The van der Waals surface area contributed by atoms with E-state index in [1.807, 2.05) is 12.1 Å². The number of aliphatic imine (C=N–C) groups is 1. The number of hydrogen-bond acceptors (Lipinski definition) is 1. The molecule has 2 N–H and O–H groups in total. The number of nitrogens with two attached hydrogens (primary N) is 1. The second-order valence-corrected chi connectivity index (χ2v) is 3.83. The van der Waals surface area contributed by atoms with Crippen molar-refractivity contribution >= 4 is 11.5 Å². The third-order valence-electron chi connectivity index (χ3n) is 2.60. The fourth-order valence-electron chi connectivity index (χ4n) is 1.43. The summed E-state index contributed by atoms with van der Waals surface area (Å²) >= 11 is 0. The first kappa shape index (κ1) is 9.25. The zero-order valence-electron chi connectivity index (χ0n) is 8.53. The molecule has 1 aromatic rings. The van der Waals surface area contributed by atoms with Crippen molar-refractivity contribution in [3.05, 3.63) is 29.8 Å². The van der Waals surface area contributed by atoms with E-state index in [9.17, 15) is 0 Å². The minimum absolute atomic E-state index is 0.556. The molecule has 2 nitrogen and oxygen atoms in total. The number of benzene rings is 1. The van der Waals surface area contributed by atoms with Crippen LogP contribution in [-0.2, 0) is 6.42 Å². The van der Waals surface area contributed by atoms with Gasteiger partial charge in [0.05, 0.1) is 5.69 Å². The molecule has 0 aliphatic heterocycles. The van der Waals surface area contributed by atoms with Crippen LogP contribution < -0.4 is 5.73 Å². The molecule has 1 saturated carbocycles. The first-order chi connectivity index (χ1) is 6.79. The van der Waals surface area contributed by atoms with Crippen LogP contribution in [0, 0.1) is 5.92 Å². The summed E-state index contributed by atoms with van der Waals surface area (Å²) in [7, 11) is 0. The summed E-state index contributed by atoms with van der Waals surface area (Å²) in [5, 5.41) is 0. The molecule has 0 radical (unpaired) electrons. The molecule has 1 fully saturated rings. The minimum atomic E-state index is 0.556. The van der Waals surface area contributed by atoms with Gasteiger partial charge in [-0.1, -0.05) is 19.1 Å². The number of hydrogen-bond donors (Lipinski definition) is 1. The van der Waals surface area contributed by atoms with Gasteiger partial charge in [0.15, 0.2) is 0 Å². The van der Waals surface area contributed by atoms with Crippen molar-refractivity contribution in [2.75, 3.05) is 0 Å². The molecule has 1 aliphatic carbocycles. The van der Waals surface area contributed by atoms with E-state index >= 15 is 0 Å².